The van der Waals surface area contributed by atoms with E-state index in [1.165, 1.54) is 4.90 Å². The van der Waals surface area contributed by atoms with Crippen molar-refractivity contribution in [1.29, 1.82) is 0 Å². The first-order valence-corrected chi connectivity index (χ1v) is 10.2. The van der Waals surface area contributed by atoms with Gasteiger partial charge in [0.1, 0.15) is 11.4 Å². The Labute approximate surface area is 185 Å². The van der Waals surface area contributed by atoms with Crippen LogP contribution in [0.2, 0.25) is 5.02 Å². The number of hydrogen-bond acceptors (Lipinski definition) is 5. The molecule has 6 nitrogen and oxygen atoms in total. The number of aromatic nitrogens is 1. The van der Waals surface area contributed by atoms with Gasteiger partial charge in [-0.25, -0.2) is 0 Å². The Hall–Kier alpha value is -3.64. The Morgan fingerprint density at radius 1 is 0.968 bits per heavy atom. The van der Waals surface area contributed by atoms with Crippen molar-refractivity contribution in [1.82, 2.24) is 9.88 Å². The summed E-state index contributed by atoms with van der Waals surface area (Å²) in [6.07, 6.45) is 1.63. The Bertz CT molecular complexity index is 1130. The lowest BCUT2D eigenvalue weighted by molar-refractivity contribution is -0.137. The predicted octanol–water partition coefficient (Wildman–Crippen LogP) is 4.53. The topological polar surface area (TPSA) is 71.5 Å². The largest absolute Gasteiger partial charge is 0.494 e. The third-order valence-electron chi connectivity index (χ3n) is 4.78. The van der Waals surface area contributed by atoms with E-state index >= 15 is 0 Å². The van der Waals surface area contributed by atoms with Gasteiger partial charge in [-0.2, -0.15) is 0 Å². The number of nitrogens with zero attached hydrogens (tertiary/aromatic N) is 2. The highest BCUT2D eigenvalue weighted by atomic mass is 35.5. The van der Waals surface area contributed by atoms with Crippen LogP contribution in [0, 0.1) is 0 Å². The van der Waals surface area contributed by atoms with Gasteiger partial charge in [0.2, 0.25) is 0 Å². The molecule has 2 amide bonds. The first-order chi connectivity index (χ1) is 15.1. The molecule has 4 rings (SSSR count). The molecule has 0 unspecified atom stereocenters. The first-order valence-electron chi connectivity index (χ1n) is 9.83. The van der Waals surface area contributed by atoms with Gasteiger partial charge in [0.25, 0.3) is 11.8 Å². The minimum absolute atomic E-state index is 0.0874. The summed E-state index contributed by atoms with van der Waals surface area (Å²) >= 11 is 6.01. The summed E-state index contributed by atoms with van der Waals surface area (Å²) in [5.74, 6) is -0.0635. The normalized spacial score (nSPS) is 13.7. The lowest BCUT2D eigenvalue weighted by Crippen LogP contribution is -2.32. The van der Waals surface area contributed by atoms with Crippen LogP contribution in [0.3, 0.4) is 0 Å². The summed E-state index contributed by atoms with van der Waals surface area (Å²) in [5, 5.41) is 3.68. The fraction of sp³-hybridized carbons (Fsp3) is 0.125. The molecule has 0 spiro atoms. The number of amides is 2. The molecule has 0 radical (unpaired) electrons. The van der Waals surface area contributed by atoms with E-state index in [1.54, 1.807) is 66.9 Å². The summed E-state index contributed by atoms with van der Waals surface area (Å²) in [4.78, 5) is 32.0. The van der Waals surface area contributed by atoms with Crippen molar-refractivity contribution in [3.05, 3.63) is 94.9 Å². The number of benzene rings is 2. The quantitative estimate of drug-likeness (QED) is 0.554. The van der Waals surface area contributed by atoms with E-state index in [1.807, 2.05) is 13.0 Å². The van der Waals surface area contributed by atoms with Crippen molar-refractivity contribution in [2.45, 2.75) is 13.5 Å². The SMILES string of the molecule is CCOc1ccc(NC2=C(c3ccc(Cl)cc3)C(=O)N(Cc3ccccn3)C2=O)cc1. The van der Waals surface area contributed by atoms with Crippen molar-refractivity contribution in [3.63, 3.8) is 0 Å². The second kappa shape index (κ2) is 9.02. The molecular weight excluding hydrogens is 414 g/mol. The minimum Gasteiger partial charge on any atom is -0.494 e. The maximum Gasteiger partial charge on any atom is 0.278 e. The second-order valence-electron chi connectivity index (χ2n) is 6.86. The first kappa shape index (κ1) is 20.6. The van der Waals surface area contributed by atoms with E-state index < -0.39 is 5.91 Å². The zero-order chi connectivity index (χ0) is 21.8. The molecule has 0 saturated heterocycles. The fourth-order valence-corrected chi connectivity index (χ4v) is 3.45. The standard InChI is InChI=1S/C24H20ClN3O3/c1-2-31-20-12-10-18(11-13-20)27-22-21(16-6-8-17(25)9-7-16)23(29)28(24(22)30)15-19-5-3-4-14-26-19/h3-14,27H,2,15H2,1H3. The van der Waals surface area contributed by atoms with E-state index in [0.717, 1.165) is 5.75 Å². The number of pyridine rings is 1. The van der Waals surface area contributed by atoms with E-state index in [0.29, 0.717) is 34.1 Å². The summed E-state index contributed by atoms with van der Waals surface area (Å²) < 4.78 is 5.47. The van der Waals surface area contributed by atoms with Crippen LogP contribution in [0.25, 0.3) is 5.57 Å². The number of rotatable bonds is 7. The second-order valence-corrected chi connectivity index (χ2v) is 7.29. The summed E-state index contributed by atoms with van der Waals surface area (Å²) in [6.45, 7) is 2.56. The molecular formula is C24H20ClN3O3. The van der Waals surface area contributed by atoms with Crippen molar-refractivity contribution >= 4 is 34.7 Å². The van der Waals surface area contributed by atoms with E-state index in [9.17, 15) is 9.59 Å². The van der Waals surface area contributed by atoms with Gasteiger partial charge in [0, 0.05) is 16.9 Å². The number of halogens is 1. The van der Waals surface area contributed by atoms with Crippen LogP contribution in [0.5, 0.6) is 5.75 Å². The van der Waals surface area contributed by atoms with E-state index in [-0.39, 0.29) is 18.1 Å². The Balaban J connectivity index is 1.69. The molecule has 0 aliphatic carbocycles. The molecule has 3 aromatic rings. The average molecular weight is 434 g/mol. The van der Waals surface area contributed by atoms with Crippen LogP contribution >= 0.6 is 11.6 Å². The summed E-state index contributed by atoms with van der Waals surface area (Å²) in [5.41, 5.74) is 2.42. The van der Waals surface area contributed by atoms with E-state index in [4.69, 9.17) is 16.3 Å². The molecule has 156 valence electrons. The van der Waals surface area contributed by atoms with Crippen LogP contribution in [-0.2, 0) is 16.1 Å². The molecule has 31 heavy (non-hydrogen) atoms. The van der Waals surface area contributed by atoms with E-state index in [2.05, 4.69) is 10.3 Å². The molecule has 7 heteroatoms. The molecule has 1 aliphatic rings. The lowest BCUT2D eigenvalue weighted by atomic mass is 10.0. The molecule has 0 saturated carbocycles. The fourth-order valence-electron chi connectivity index (χ4n) is 3.32. The third-order valence-corrected chi connectivity index (χ3v) is 5.03. The van der Waals surface area contributed by atoms with Crippen LogP contribution in [0.1, 0.15) is 18.2 Å². The van der Waals surface area contributed by atoms with Crippen LogP contribution < -0.4 is 10.1 Å². The van der Waals surface area contributed by atoms with Gasteiger partial charge < -0.3 is 10.1 Å². The van der Waals surface area contributed by atoms with Crippen molar-refractivity contribution < 1.29 is 14.3 Å². The van der Waals surface area contributed by atoms with Gasteiger partial charge in [-0.05, 0) is 61.0 Å². The molecule has 0 atom stereocenters. The van der Waals surface area contributed by atoms with Crippen molar-refractivity contribution in [2.24, 2.45) is 0 Å². The molecule has 2 heterocycles. The molecule has 1 N–H and O–H groups in total. The lowest BCUT2D eigenvalue weighted by Gasteiger charge is -2.15. The Morgan fingerprint density at radius 3 is 2.35 bits per heavy atom. The number of nitrogens with one attached hydrogen (secondary N) is 1. The number of hydrogen-bond donors (Lipinski definition) is 1. The zero-order valence-corrected chi connectivity index (χ0v) is 17.6. The van der Waals surface area contributed by atoms with Gasteiger partial charge in [-0.3, -0.25) is 19.5 Å². The Kier molecular flexibility index (Phi) is 6.00. The minimum atomic E-state index is -0.408. The van der Waals surface area contributed by atoms with Crippen LogP contribution in [-0.4, -0.2) is 28.3 Å². The molecule has 0 fully saturated rings. The van der Waals surface area contributed by atoms with Crippen molar-refractivity contribution in [3.8, 4) is 5.75 Å². The summed E-state index contributed by atoms with van der Waals surface area (Å²) in [7, 11) is 0. The molecule has 2 aromatic carbocycles. The van der Waals surface area contributed by atoms with Crippen LogP contribution in [0.4, 0.5) is 5.69 Å². The van der Waals surface area contributed by atoms with Crippen LogP contribution in [0.15, 0.2) is 78.6 Å². The molecule has 1 aromatic heterocycles. The predicted molar refractivity (Wildman–Crippen MR) is 119 cm³/mol. The maximum absolute atomic E-state index is 13.3. The molecule has 1 aliphatic heterocycles. The van der Waals surface area contributed by atoms with Gasteiger partial charge in [-0.1, -0.05) is 29.8 Å². The monoisotopic (exact) mass is 433 g/mol. The summed E-state index contributed by atoms with van der Waals surface area (Å²) in [6, 6.07) is 19.4. The third kappa shape index (κ3) is 4.44. The number of carbonyl (C=O) groups excluding carboxylic acids is 2. The number of imide groups is 1. The smallest absolute Gasteiger partial charge is 0.278 e. The average Bonchev–Trinajstić information content (AvgIpc) is 3.01. The maximum atomic E-state index is 13.3. The van der Waals surface area contributed by atoms with Crippen molar-refractivity contribution in [2.75, 3.05) is 11.9 Å². The zero-order valence-electron chi connectivity index (χ0n) is 16.8. The number of anilines is 1. The van der Waals surface area contributed by atoms with Gasteiger partial charge in [-0.15, -0.1) is 0 Å². The highest BCUT2D eigenvalue weighted by Crippen LogP contribution is 2.32. The highest BCUT2D eigenvalue weighted by molar-refractivity contribution is 6.36. The number of ether oxygens (including phenoxy) is 1. The highest BCUT2D eigenvalue weighted by Gasteiger charge is 2.39. The number of carbonyl (C=O) groups is 2. The van der Waals surface area contributed by atoms with Gasteiger partial charge in [0.15, 0.2) is 0 Å². The van der Waals surface area contributed by atoms with Gasteiger partial charge in [0.05, 0.1) is 24.4 Å². The Morgan fingerprint density at radius 2 is 1.71 bits per heavy atom. The van der Waals surface area contributed by atoms with Gasteiger partial charge >= 0.3 is 0 Å². The molecule has 0 bridgehead atoms.